The van der Waals surface area contributed by atoms with Crippen LogP contribution in [0.1, 0.15) is 18.3 Å². The topological polar surface area (TPSA) is 32.0 Å². The Morgan fingerprint density at radius 1 is 1.29 bits per heavy atom. The summed E-state index contributed by atoms with van der Waals surface area (Å²) in [6, 6.07) is 8.17. The van der Waals surface area contributed by atoms with Gasteiger partial charge in [0.05, 0.1) is 30.1 Å². The van der Waals surface area contributed by atoms with E-state index in [9.17, 15) is 0 Å². The summed E-state index contributed by atoms with van der Waals surface area (Å²) in [5, 5.41) is 6.38. The Labute approximate surface area is 128 Å². The highest BCUT2D eigenvalue weighted by atomic mass is 35.5. The molecule has 0 N–H and O–H groups in total. The number of aryl methyl sites for hydroxylation is 2. The van der Waals surface area contributed by atoms with Crippen LogP contribution < -0.4 is 4.74 Å². The van der Waals surface area contributed by atoms with Gasteiger partial charge >= 0.3 is 0 Å². The fourth-order valence-electron chi connectivity index (χ4n) is 2.62. The van der Waals surface area contributed by atoms with Crippen LogP contribution in [0.15, 0.2) is 30.5 Å². The van der Waals surface area contributed by atoms with Crippen molar-refractivity contribution >= 4 is 22.5 Å². The minimum absolute atomic E-state index is 0.712. The van der Waals surface area contributed by atoms with Crippen molar-refractivity contribution < 1.29 is 4.74 Å². The van der Waals surface area contributed by atoms with Crippen molar-refractivity contribution in [3.05, 3.63) is 46.9 Å². The lowest BCUT2D eigenvalue weighted by atomic mass is 10.2. The van der Waals surface area contributed by atoms with Crippen LogP contribution in [-0.2, 0) is 13.1 Å². The molecule has 0 fully saturated rings. The van der Waals surface area contributed by atoms with Gasteiger partial charge in [0.1, 0.15) is 5.75 Å². The van der Waals surface area contributed by atoms with Crippen LogP contribution in [0.25, 0.3) is 10.9 Å². The van der Waals surface area contributed by atoms with E-state index < -0.39 is 0 Å². The molecule has 3 rings (SSSR count). The van der Waals surface area contributed by atoms with Crippen molar-refractivity contribution in [1.82, 2.24) is 14.3 Å². The third-order valence-electron chi connectivity index (χ3n) is 3.75. The van der Waals surface area contributed by atoms with E-state index in [1.54, 1.807) is 7.11 Å². The standard InChI is InChI=1S/C16H18ClN3O/c1-4-20-15(16(17)11(2)18-20)10-19-8-7-12-9-13(21-3)5-6-14(12)19/h5-9H,4,10H2,1-3H3. The molecule has 110 valence electrons. The largest absolute Gasteiger partial charge is 0.497 e. The maximum Gasteiger partial charge on any atom is 0.119 e. The number of methoxy groups -OCH3 is 1. The number of nitrogens with zero attached hydrogens (tertiary/aromatic N) is 3. The average Bonchev–Trinajstić information content (AvgIpc) is 3.02. The van der Waals surface area contributed by atoms with Crippen LogP contribution in [0, 0.1) is 6.92 Å². The Morgan fingerprint density at radius 2 is 2.10 bits per heavy atom. The third-order valence-corrected chi connectivity index (χ3v) is 4.24. The van der Waals surface area contributed by atoms with E-state index in [2.05, 4.69) is 34.9 Å². The first-order valence-electron chi connectivity index (χ1n) is 6.98. The number of ether oxygens (including phenoxy) is 1. The maximum atomic E-state index is 6.39. The number of rotatable bonds is 4. The van der Waals surface area contributed by atoms with Crippen molar-refractivity contribution in [2.24, 2.45) is 0 Å². The van der Waals surface area contributed by atoms with Crippen LogP contribution in [-0.4, -0.2) is 21.5 Å². The summed E-state index contributed by atoms with van der Waals surface area (Å²) in [6.45, 7) is 5.54. The number of fused-ring (bicyclic) bond motifs is 1. The molecule has 5 heteroatoms. The SMILES string of the molecule is CCn1nc(C)c(Cl)c1Cn1ccc2cc(OC)ccc21. The Bertz CT molecular complexity index is 788. The summed E-state index contributed by atoms with van der Waals surface area (Å²) in [5.74, 6) is 0.868. The molecular weight excluding hydrogens is 286 g/mol. The summed E-state index contributed by atoms with van der Waals surface area (Å²) in [6.07, 6.45) is 2.07. The first-order chi connectivity index (χ1) is 10.1. The van der Waals surface area contributed by atoms with E-state index in [0.29, 0.717) is 6.54 Å². The van der Waals surface area contributed by atoms with Gasteiger partial charge < -0.3 is 9.30 Å². The van der Waals surface area contributed by atoms with Crippen molar-refractivity contribution in [3.63, 3.8) is 0 Å². The van der Waals surface area contributed by atoms with Gasteiger partial charge in [-0.2, -0.15) is 5.10 Å². The molecule has 2 heterocycles. The zero-order valence-corrected chi connectivity index (χ0v) is 13.2. The predicted molar refractivity (Wildman–Crippen MR) is 85.2 cm³/mol. The highest BCUT2D eigenvalue weighted by Crippen LogP contribution is 2.25. The van der Waals surface area contributed by atoms with Crippen LogP contribution in [0.2, 0.25) is 5.02 Å². The molecule has 0 aliphatic carbocycles. The number of hydrogen-bond donors (Lipinski definition) is 0. The van der Waals surface area contributed by atoms with Gasteiger partial charge in [0.2, 0.25) is 0 Å². The molecule has 21 heavy (non-hydrogen) atoms. The lowest BCUT2D eigenvalue weighted by Crippen LogP contribution is -2.07. The molecule has 0 saturated heterocycles. The second-order valence-electron chi connectivity index (χ2n) is 5.03. The lowest BCUT2D eigenvalue weighted by Gasteiger charge is -2.09. The molecule has 0 unspecified atom stereocenters. The van der Waals surface area contributed by atoms with E-state index in [-0.39, 0.29) is 0 Å². The second-order valence-corrected chi connectivity index (χ2v) is 5.41. The first kappa shape index (κ1) is 14.0. The first-order valence-corrected chi connectivity index (χ1v) is 7.36. The van der Waals surface area contributed by atoms with Crippen molar-refractivity contribution in [1.29, 1.82) is 0 Å². The van der Waals surface area contributed by atoms with Crippen LogP contribution in [0.5, 0.6) is 5.75 Å². The Hall–Kier alpha value is -1.94. The van der Waals surface area contributed by atoms with E-state index >= 15 is 0 Å². The molecule has 2 aromatic heterocycles. The average molecular weight is 304 g/mol. The molecule has 0 aliphatic rings. The fourth-order valence-corrected chi connectivity index (χ4v) is 2.82. The van der Waals surface area contributed by atoms with E-state index in [1.807, 2.05) is 23.7 Å². The van der Waals surface area contributed by atoms with Crippen LogP contribution >= 0.6 is 11.6 Å². The van der Waals surface area contributed by atoms with Gasteiger partial charge in [-0.25, -0.2) is 0 Å². The predicted octanol–water partition coefficient (Wildman–Crippen LogP) is 3.88. The lowest BCUT2D eigenvalue weighted by molar-refractivity contribution is 0.415. The van der Waals surface area contributed by atoms with Gasteiger partial charge in [-0.1, -0.05) is 11.6 Å². The molecule has 1 aromatic carbocycles. The van der Waals surface area contributed by atoms with Gasteiger partial charge in [-0.15, -0.1) is 0 Å². The number of halogens is 1. The van der Waals surface area contributed by atoms with Gasteiger partial charge in [0.15, 0.2) is 0 Å². The molecular formula is C16H18ClN3O. The number of hydrogen-bond acceptors (Lipinski definition) is 2. The van der Waals surface area contributed by atoms with Gasteiger partial charge in [-0.05, 0) is 38.1 Å². The quantitative estimate of drug-likeness (QED) is 0.732. The monoisotopic (exact) mass is 303 g/mol. The van der Waals surface area contributed by atoms with E-state index in [4.69, 9.17) is 16.3 Å². The summed E-state index contributed by atoms with van der Waals surface area (Å²) in [7, 11) is 1.68. The summed E-state index contributed by atoms with van der Waals surface area (Å²) in [5.41, 5.74) is 3.09. The summed E-state index contributed by atoms with van der Waals surface area (Å²) in [4.78, 5) is 0. The van der Waals surface area contributed by atoms with E-state index in [1.165, 1.54) is 0 Å². The molecule has 4 nitrogen and oxygen atoms in total. The minimum Gasteiger partial charge on any atom is -0.497 e. The molecule has 3 aromatic rings. The Morgan fingerprint density at radius 3 is 2.81 bits per heavy atom. The third kappa shape index (κ3) is 2.40. The van der Waals surface area contributed by atoms with Crippen LogP contribution in [0.4, 0.5) is 0 Å². The molecule has 0 aliphatic heterocycles. The molecule has 0 bridgehead atoms. The van der Waals surface area contributed by atoms with Gasteiger partial charge in [0.25, 0.3) is 0 Å². The second kappa shape index (κ2) is 5.45. The summed E-state index contributed by atoms with van der Waals surface area (Å²) >= 11 is 6.39. The molecule has 0 atom stereocenters. The number of aromatic nitrogens is 3. The Kier molecular flexibility index (Phi) is 3.64. The maximum absolute atomic E-state index is 6.39. The fraction of sp³-hybridized carbons (Fsp3) is 0.312. The number of benzene rings is 1. The van der Waals surface area contributed by atoms with Crippen LogP contribution in [0.3, 0.4) is 0 Å². The highest BCUT2D eigenvalue weighted by Gasteiger charge is 2.14. The Balaban J connectivity index is 2.02. The smallest absolute Gasteiger partial charge is 0.119 e. The normalized spacial score (nSPS) is 11.2. The molecule has 0 spiro atoms. The zero-order chi connectivity index (χ0) is 15.0. The molecule has 0 radical (unpaired) electrons. The minimum atomic E-state index is 0.712. The molecule has 0 amide bonds. The van der Waals surface area contributed by atoms with E-state index in [0.717, 1.165) is 39.6 Å². The van der Waals surface area contributed by atoms with Crippen molar-refractivity contribution in [2.45, 2.75) is 26.9 Å². The van der Waals surface area contributed by atoms with Gasteiger partial charge in [0, 0.05) is 23.6 Å². The zero-order valence-electron chi connectivity index (χ0n) is 12.4. The van der Waals surface area contributed by atoms with Gasteiger partial charge in [-0.3, -0.25) is 4.68 Å². The highest BCUT2D eigenvalue weighted by molar-refractivity contribution is 6.31. The van der Waals surface area contributed by atoms with Crippen molar-refractivity contribution in [2.75, 3.05) is 7.11 Å². The summed E-state index contributed by atoms with van der Waals surface area (Å²) < 4.78 is 9.41. The van der Waals surface area contributed by atoms with Crippen molar-refractivity contribution in [3.8, 4) is 5.75 Å². The molecule has 0 saturated carbocycles.